The molecule has 0 radical (unpaired) electrons. The Labute approximate surface area is 135 Å². The quantitative estimate of drug-likeness (QED) is 0.566. The molecule has 0 atom stereocenters. The maximum absolute atomic E-state index is 12.6. The van der Waals surface area contributed by atoms with Crippen LogP contribution in [0.5, 0.6) is 11.5 Å². The van der Waals surface area contributed by atoms with Crippen molar-refractivity contribution in [3.63, 3.8) is 0 Å². The summed E-state index contributed by atoms with van der Waals surface area (Å²) in [5.41, 5.74) is -0.356. The summed E-state index contributed by atoms with van der Waals surface area (Å²) >= 11 is 5.93. The Morgan fingerprint density at radius 3 is 2.43 bits per heavy atom. The topological polar surface area (TPSA) is 35.5 Å². The molecule has 2 rings (SSSR count). The maximum atomic E-state index is 12.6. The summed E-state index contributed by atoms with van der Waals surface area (Å²) in [6, 6.07) is 9.13. The van der Waals surface area contributed by atoms with Gasteiger partial charge in [-0.3, -0.25) is 4.79 Å². The summed E-state index contributed by atoms with van der Waals surface area (Å²) in [5, 5.41) is 0.272. The summed E-state index contributed by atoms with van der Waals surface area (Å²) < 4.78 is 48.3. The van der Waals surface area contributed by atoms with E-state index in [1.54, 1.807) is 6.07 Å². The largest absolute Gasteiger partial charge is 0.490 e. The van der Waals surface area contributed by atoms with Crippen LogP contribution in [0.15, 0.2) is 42.5 Å². The second-order valence-electron chi connectivity index (χ2n) is 4.53. The van der Waals surface area contributed by atoms with Gasteiger partial charge in [0.15, 0.2) is 0 Å². The molecular weight excluding hydrogens is 333 g/mol. The van der Waals surface area contributed by atoms with Crippen LogP contribution in [-0.2, 0) is 6.18 Å². The lowest BCUT2D eigenvalue weighted by molar-refractivity contribution is -0.137. The Kier molecular flexibility index (Phi) is 5.50. The van der Waals surface area contributed by atoms with E-state index in [1.807, 2.05) is 0 Å². The second-order valence-corrected chi connectivity index (χ2v) is 4.94. The molecule has 2 aromatic carbocycles. The molecule has 2 aromatic rings. The first kappa shape index (κ1) is 17.1. The molecule has 7 heteroatoms. The van der Waals surface area contributed by atoms with Crippen LogP contribution in [0, 0.1) is 0 Å². The number of ether oxygens (including phenoxy) is 2. The molecule has 0 heterocycles. The molecule has 0 aliphatic rings. The van der Waals surface area contributed by atoms with Crippen LogP contribution >= 0.6 is 11.6 Å². The van der Waals surface area contributed by atoms with Crippen molar-refractivity contribution >= 4 is 17.9 Å². The van der Waals surface area contributed by atoms with E-state index in [0.717, 1.165) is 12.1 Å². The van der Waals surface area contributed by atoms with Gasteiger partial charge in [0, 0.05) is 5.56 Å². The Morgan fingerprint density at radius 2 is 1.78 bits per heavy atom. The van der Waals surface area contributed by atoms with Crippen molar-refractivity contribution in [3.05, 3.63) is 58.6 Å². The number of hydrogen-bond acceptors (Lipinski definition) is 3. The van der Waals surface area contributed by atoms with Gasteiger partial charge in [-0.2, -0.15) is 13.2 Å². The number of aldehydes is 1. The molecule has 0 bridgehead atoms. The lowest BCUT2D eigenvalue weighted by atomic mass is 10.2. The number of hydrogen-bond donors (Lipinski definition) is 0. The number of carbonyl (C=O) groups excluding carboxylic acids is 1. The third kappa shape index (κ3) is 4.89. The van der Waals surface area contributed by atoms with Crippen LogP contribution in [0.2, 0.25) is 5.02 Å². The molecule has 0 saturated heterocycles. The lowest BCUT2D eigenvalue weighted by Crippen LogP contribution is -2.10. The SMILES string of the molecule is O=Cc1ccc(OCCOc2cccc(C(F)(F)F)c2)c(Cl)c1. The van der Waals surface area contributed by atoms with Gasteiger partial charge in [0.25, 0.3) is 0 Å². The first-order valence-electron chi connectivity index (χ1n) is 6.58. The van der Waals surface area contributed by atoms with Crippen molar-refractivity contribution in [3.8, 4) is 11.5 Å². The number of benzene rings is 2. The minimum Gasteiger partial charge on any atom is -0.490 e. The zero-order valence-corrected chi connectivity index (χ0v) is 12.5. The number of rotatable bonds is 6. The highest BCUT2D eigenvalue weighted by atomic mass is 35.5. The van der Waals surface area contributed by atoms with Gasteiger partial charge < -0.3 is 9.47 Å². The average molecular weight is 345 g/mol. The number of halogens is 4. The minimum absolute atomic E-state index is 0.0487. The van der Waals surface area contributed by atoms with Gasteiger partial charge in [0.05, 0.1) is 10.6 Å². The Balaban J connectivity index is 1.87. The molecule has 0 saturated carbocycles. The van der Waals surface area contributed by atoms with E-state index in [-0.39, 0.29) is 24.0 Å². The normalized spacial score (nSPS) is 11.1. The molecule has 0 N–H and O–H groups in total. The molecule has 0 amide bonds. The molecule has 122 valence electrons. The summed E-state index contributed by atoms with van der Waals surface area (Å²) in [7, 11) is 0. The minimum atomic E-state index is -4.41. The van der Waals surface area contributed by atoms with Gasteiger partial charge in [-0.1, -0.05) is 17.7 Å². The van der Waals surface area contributed by atoms with Crippen LogP contribution < -0.4 is 9.47 Å². The zero-order valence-electron chi connectivity index (χ0n) is 11.8. The Morgan fingerprint density at radius 1 is 1.04 bits per heavy atom. The molecule has 23 heavy (non-hydrogen) atoms. The van der Waals surface area contributed by atoms with Crippen LogP contribution in [0.25, 0.3) is 0 Å². The maximum Gasteiger partial charge on any atom is 0.416 e. The Bertz CT molecular complexity index is 687. The molecule has 0 spiro atoms. The van der Waals surface area contributed by atoms with Crippen LogP contribution in [0.4, 0.5) is 13.2 Å². The van der Waals surface area contributed by atoms with Crippen molar-refractivity contribution in [2.24, 2.45) is 0 Å². The van der Waals surface area contributed by atoms with Gasteiger partial charge in [0.1, 0.15) is 31.0 Å². The van der Waals surface area contributed by atoms with E-state index < -0.39 is 11.7 Å². The van der Waals surface area contributed by atoms with Crippen molar-refractivity contribution in [1.82, 2.24) is 0 Å². The van der Waals surface area contributed by atoms with E-state index in [1.165, 1.54) is 24.3 Å². The van der Waals surface area contributed by atoms with Crippen molar-refractivity contribution in [2.75, 3.05) is 13.2 Å². The molecule has 0 aliphatic heterocycles. The molecule has 0 aromatic heterocycles. The van der Waals surface area contributed by atoms with Crippen LogP contribution in [0.1, 0.15) is 15.9 Å². The third-order valence-corrected chi connectivity index (χ3v) is 3.16. The van der Waals surface area contributed by atoms with Gasteiger partial charge in [0.2, 0.25) is 0 Å². The highest BCUT2D eigenvalue weighted by Gasteiger charge is 2.30. The summed E-state index contributed by atoms with van der Waals surface area (Å²) in [4.78, 5) is 10.6. The molecule has 0 aliphatic carbocycles. The monoisotopic (exact) mass is 344 g/mol. The van der Waals surface area contributed by atoms with Crippen molar-refractivity contribution in [1.29, 1.82) is 0 Å². The van der Waals surface area contributed by atoms with Crippen LogP contribution in [-0.4, -0.2) is 19.5 Å². The predicted octanol–water partition coefficient (Wildman–Crippen LogP) is 4.63. The third-order valence-electron chi connectivity index (χ3n) is 2.86. The first-order valence-corrected chi connectivity index (χ1v) is 6.95. The Hall–Kier alpha value is -2.21. The van der Waals surface area contributed by atoms with Gasteiger partial charge >= 0.3 is 6.18 Å². The molecular formula is C16H12ClF3O3. The van der Waals surface area contributed by atoms with Crippen molar-refractivity contribution < 1.29 is 27.4 Å². The molecule has 0 unspecified atom stereocenters. The fraction of sp³-hybridized carbons (Fsp3) is 0.188. The van der Waals surface area contributed by atoms with Crippen LogP contribution in [0.3, 0.4) is 0 Å². The van der Waals surface area contributed by atoms with E-state index in [0.29, 0.717) is 17.6 Å². The molecule has 0 fully saturated rings. The lowest BCUT2D eigenvalue weighted by Gasteiger charge is -2.11. The van der Waals surface area contributed by atoms with Crippen molar-refractivity contribution in [2.45, 2.75) is 6.18 Å². The second kappa shape index (κ2) is 7.37. The first-order chi connectivity index (χ1) is 10.9. The predicted molar refractivity (Wildman–Crippen MR) is 79.3 cm³/mol. The van der Waals surface area contributed by atoms with E-state index >= 15 is 0 Å². The van der Waals surface area contributed by atoms with E-state index in [2.05, 4.69) is 0 Å². The highest BCUT2D eigenvalue weighted by molar-refractivity contribution is 6.32. The standard InChI is InChI=1S/C16H12ClF3O3/c17-14-8-11(10-21)4-5-15(14)23-7-6-22-13-3-1-2-12(9-13)16(18,19)20/h1-5,8-10H,6-7H2. The summed E-state index contributed by atoms with van der Waals surface area (Å²) in [5.74, 6) is 0.468. The van der Waals surface area contributed by atoms with E-state index in [9.17, 15) is 18.0 Å². The fourth-order valence-corrected chi connectivity index (χ4v) is 2.02. The van der Waals surface area contributed by atoms with Gasteiger partial charge in [-0.15, -0.1) is 0 Å². The van der Waals surface area contributed by atoms with E-state index in [4.69, 9.17) is 21.1 Å². The smallest absolute Gasteiger partial charge is 0.416 e. The van der Waals surface area contributed by atoms with Gasteiger partial charge in [-0.25, -0.2) is 0 Å². The number of alkyl halides is 3. The zero-order chi connectivity index (χ0) is 16.9. The van der Waals surface area contributed by atoms with Gasteiger partial charge in [-0.05, 0) is 36.4 Å². The highest BCUT2D eigenvalue weighted by Crippen LogP contribution is 2.31. The summed E-state index contributed by atoms with van der Waals surface area (Å²) in [6.45, 7) is 0.142. The molecule has 3 nitrogen and oxygen atoms in total. The number of carbonyl (C=O) groups is 1. The summed E-state index contributed by atoms with van der Waals surface area (Å²) in [6.07, 6.45) is -3.75. The average Bonchev–Trinajstić information content (AvgIpc) is 2.52. The fourth-order valence-electron chi connectivity index (χ4n) is 1.78.